The Morgan fingerprint density at radius 2 is 1.85 bits per heavy atom. The molecule has 0 unspecified atom stereocenters. The molecule has 0 amide bonds. The van der Waals surface area contributed by atoms with Gasteiger partial charge >= 0.3 is 5.97 Å². The van der Waals surface area contributed by atoms with E-state index in [1.807, 2.05) is 13.8 Å². The predicted octanol–water partition coefficient (Wildman–Crippen LogP) is 4.47. The van der Waals surface area contributed by atoms with Crippen molar-refractivity contribution in [3.63, 3.8) is 0 Å². The first-order valence-corrected chi connectivity index (χ1v) is 8.56. The number of hydrogen-bond donors (Lipinski definition) is 2. The van der Waals surface area contributed by atoms with E-state index in [4.69, 9.17) is 16.3 Å². The van der Waals surface area contributed by atoms with Gasteiger partial charge in [0, 0.05) is 27.1 Å². The number of aromatic amines is 1. The van der Waals surface area contributed by atoms with Crippen molar-refractivity contribution in [1.29, 1.82) is 0 Å². The monoisotopic (exact) mass is 371 g/mol. The van der Waals surface area contributed by atoms with Crippen LogP contribution in [0.2, 0.25) is 5.02 Å². The maximum Gasteiger partial charge on any atom is 0.307 e. The van der Waals surface area contributed by atoms with Crippen LogP contribution in [0.25, 0.3) is 10.9 Å². The first-order chi connectivity index (χ1) is 12.3. The Hall–Kier alpha value is -2.79. The number of nitrogens with one attached hydrogen (secondary N) is 1. The summed E-state index contributed by atoms with van der Waals surface area (Å²) in [6.45, 7) is 3.85. The highest BCUT2D eigenvalue weighted by atomic mass is 35.5. The Balaban J connectivity index is 2.03. The number of carbonyl (C=O) groups excluding carboxylic acids is 1. The molecule has 0 spiro atoms. The van der Waals surface area contributed by atoms with E-state index < -0.39 is 5.97 Å². The van der Waals surface area contributed by atoms with Gasteiger partial charge in [-0.25, -0.2) is 0 Å². The molecule has 1 heterocycles. The van der Waals surface area contributed by atoms with E-state index in [-0.39, 0.29) is 24.0 Å². The largest absolute Gasteiger partial charge is 0.491 e. The van der Waals surface area contributed by atoms with Crippen LogP contribution in [0.4, 0.5) is 0 Å². The summed E-state index contributed by atoms with van der Waals surface area (Å²) in [4.78, 5) is 27.2. The lowest BCUT2D eigenvalue weighted by Crippen LogP contribution is -2.09. The number of halogens is 1. The molecule has 0 saturated carbocycles. The third-order valence-corrected chi connectivity index (χ3v) is 4.15. The lowest BCUT2D eigenvalue weighted by molar-refractivity contribution is -0.136. The van der Waals surface area contributed by atoms with Gasteiger partial charge in [0.1, 0.15) is 5.75 Å². The Kier molecular flexibility index (Phi) is 5.00. The summed E-state index contributed by atoms with van der Waals surface area (Å²) in [7, 11) is 0. The minimum absolute atomic E-state index is 0.0391. The summed E-state index contributed by atoms with van der Waals surface area (Å²) in [5, 5.41) is 10.4. The third kappa shape index (κ3) is 3.73. The number of carboxylic acid groups (broad SMARTS) is 1. The van der Waals surface area contributed by atoms with Crippen LogP contribution in [-0.4, -0.2) is 27.9 Å². The van der Waals surface area contributed by atoms with Crippen LogP contribution < -0.4 is 4.74 Å². The number of fused-ring (bicyclic) bond motifs is 1. The lowest BCUT2D eigenvalue weighted by Gasteiger charge is -2.10. The molecule has 0 radical (unpaired) electrons. The molecule has 5 nitrogen and oxygen atoms in total. The molecular formula is C20H18ClNO4. The number of carbonyl (C=O) groups is 2. The number of benzene rings is 2. The van der Waals surface area contributed by atoms with Crippen molar-refractivity contribution in [3.8, 4) is 5.75 Å². The molecule has 2 aromatic carbocycles. The van der Waals surface area contributed by atoms with Gasteiger partial charge in [0.2, 0.25) is 5.78 Å². The SMILES string of the molecule is CC(C)Oc1ccc(C(=O)c2[nH]c3cc(Cl)ccc3c2CC(=O)O)cc1. The van der Waals surface area contributed by atoms with Gasteiger partial charge in [0.15, 0.2) is 0 Å². The topological polar surface area (TPSA) is 79.4 Å². The fraction of sp³-hybridized carbons (Fsp3) is 0.200. The lowest BCUT2D eigenvalue weighted by atomic mass is 10.0. The molecule has 1 aromatic heterocycles. The molecule has 0 aliphatic rings. The highest BCUT2D eigenvalue weighted by Gasteiger charge is 2.21. The van der Waals surface area contributed by atoms with E-state index in [1.165, 1.54) is 0 Å². The summed E-state index contributed by atoms with van der Waals surface area (Å²) in [6, 6.07) is 11.9. The first-order valence-electron chi connectivity index (χ1n) is 8.18. The van der Waals surface area contributed by atoms with Gasteiger partial charge in [-0.05, 0) is 50.2 Å². The van der Waals surface area contributed by atoms with Crippen LogP contribution in [0.5, 0.6) is 5.75 Å². The molecule has 3 rings (SSSR count). The molecule has 0 bridgehead atoms. The van der Waals surface area contributed by atoms with Crippen molar-refractivity contribution >= 4 is 34.3 Å². The van der Waals surface area contributed by atoms with E-state index in [0.29, 0.717) is 32.8 Å². The van der Waals surface area contributed by atoms with Crippen molar-refractivity contribution in [1.82, 2.24) is 4.98 Å². The maximum atomic E-state index is 12.9. The summed E-state index contributed by atoms with van der Waals surface area (Å²) < 4.78 is 5.58. The minimum Gasteiger partial charge on any atom is -0.491 e. The van der Waals surface area contributed by atoms with Gasteiger partial charge in [0.05, 0.1) is 18.2 Å². The fourth-order valence-corrected chi connectivity index (χ4v) is 3.03. The zero-order valence-electron chi connectivity index (χ0n) is 14.4. The zero-order valence-corrected chi connectivity index (χ0v) is 15.1. The third-order valence-electron chi connectivity index (χ3n) is 3.91. The number of hydrogen-bond acceptors (Lipinski definition) is 3. The highest BCUT2D eigenvalue weighted by molar-refractivity contribution is 6.31. The molecule has 2 N–H and O–H groups in total. The average molecular weight is 372 g/mol. The number of aromatic nitrogens is 1. The highest BCUT2D eigenvalue weighted by Crippen LogP contribution is 2.28. The van der Waals surface area contributed by atoms with Crippen molar-refractivity contribution in [2.45, 2.75) is 26.4 Å². The van der Waals surface area contributed by atoms with Crippen LogP contribution >= 0.6 is 11.6 Å². The summed E-state index contributed by atoms with van der Waals surface area (Å²) >= 11 is 6.01. The zero-order chi connectivity index (χ0) is 18.8. The average Bonchev–Trinajstić information content (AvgIpc) is 2.91. The number of aliphatic carboxylic acids is 1. The molecule has 0 saturated heterocycles. The molecule has 134 valence electrons. The van der Waals surface area contributed by atoms with Crippen LogP contribution in [0.3, 0.4) is 0 Å². The van der Waals surface area contributed by atoms with Crippen molar-refractivity contribution in [3.05, 3.63) is 64.3 Å². The van der Waals surface area contributed by atoms with Gasteiger partial charge in [-0.15, -0.1) is 0 Å². The van der Waals surface area contributed by atoms with Gasteiger partial charge in [-0.1, -0.05) is 17.7 Å². The molecule has 3 aromatic rings. The molecule has 0 aliphatic carbocycles. The Bertz CT molecular complexity index is 973. The minimum atomic E-state index is -1.00. The van der Waals surface area contributed by atoms with Crippen LogP contribution in [0.15, 0.2) is 42.5 Å². The molecule has 0 atom stereocenters. The number of carboxylic acids is 1. The number of rotatable bonds is 6. The molecule has 26 heavy (non-hydrogen) atoms. The van der Waals surface area contributed by atoms with E-state index >= 15 is 0 Å². The smallest absolute Gasteiger partial charge is 0.307 e. The van der Waals surface area contributed by atoms with E-state index in [0.717, 1.165) is 0 Å². The normalized spacial score (nSPS) is 11.1. The number of ketones is 1. The van der Waals surface area contributed by atoms with Gasteiger partial charge in [0.25, 0.3) is 0 Å². The molecule has 0 aliphatic heterocycles. The van der Waals surface area contributed by atoms with Gasteiger partial charge < -0.3 is 14.8 Å². The summed E-state index contributed by atoms with van der Waals surface area (Å²) in [5.41, 5.74) is 1.81. The number of ether oxygens (including phenoxy) is 1. The van der Waals surface area contributed by atoms with Gasteiger partial charge in [-0.3, -0.25) is 9.59 Å². The van der Waals surface area contributed by atoms with E-state index in [1.54, 1.807) is 42.5 Å². The number of H-pyrrole nitrogens is 1. The first kappa shape index (κ1) is 18.0. The van der Waals surface area contributed by atoms with Crippen molar-refractivity contribution < 1.29 is 19.4 Å². The Labute approximate surface area is 155 Å². The van der Waals surface area contributed by atoms with Crippen molar-refractivity contribution in [2.24, 2.45) is 0 Å². The van der Waals surface area contributed by atoms with E-state index in [2.05, 4.69) is 4.98 Å². The second-order valence-electron chi connectivity index (χ2n) is 6.26. The molecule has 0 fully saturated rings. The van der Waals surface area contributed by atoms with Crippen LogP contribution in [0, 0.1) is 0 Å². The second-order valence-corrected chi connectivity index (χ2v) is 6.70. The molecular weight excluding hydrogens is 354 g/mol. The van der Waals surface area contributed by atoms with Crippen LogP contribution in [0.1, 0.15) is 35.5 Å². The van der Waals surface area contributed by atoms with Gasteiger partial charge in [-0.2, -0.15) is 0 Å². The predicted molar refractivity (Wildman–Crippen MR) is 100 cm³/mol. The Morgan fingerprint density at radius 1 is 1.15 bits per heavy atom. The quantitative estimate of drug-likeness (QED) is 0.627. The second kappa shape index (κ2) is 7.22. The van der Waals surface area contributed by atoms with E-state index in [9.17, 15) is 14.7 Å². The molecule has 6 heteroatoms. The maximum absolute atomic E-state index is 12.9. The Morgan fingerprint density at radius 3 is 2.46 bits per heavy atom. The van der Waals surface area contributed by atoms with Crippen LogP contribution in [-0.2, 0) is 11.2 Å². The fourth-order valence-electron chi connectivity index (χ4n) is 2.86. The summed E-state index contributed by atoms with van der Waals surface area (Å²) in [5.74, 6) is -0.606. The van der Waals surface area contributed by atoms with Crippen molar-refractivity contribution in [2.75, 3.05) is 0 Å². The summed E-state index contributed by atoms with van der Waals surface area (Å²) in [6.07, 6.45) is -0.214. The standard InChI is InChI=1S/C20H18ClNO4/c1-11(2)26-14-6-3-12(4-7-14)20(25)19-16(10-18(23)24)15-8-5-13(21)9-17(15)22-19/h3-9,11,22H,10H2,1-2H3,(H,23,24).